The number of nitrogens with zero attached hydrogens (tertiary/aromatic N) is 2. The molecular formula is C14H28N4O. The molecular weight excluding hydrogens is 240 g/mol. The normalized spacial score (nSPS) is 24.5. The minimum absolute atomic E-state index is 0.120. The van der Waals surface area contributed by atoms with Crippen LogP contribution in [-0.2, 0) is 0 Å². The van der Waals surface area contributed by atoms with E-state index in [1.807, 2.05) is 4.90 Å². The summed E-state index contributed by atoms with van der Waals surface area (Å²) in [5.74, 6) is 0. The summed E-state index contributed by atoms with van der Waals surface area (Å²) in [6, 6.07) is 0.510. The SMILES string of the molecule is CC(C)(CN)CCCCN1CCN2C(=O)NCC2C1. The van der Waals surface area contributed by atoms with Crippen molar-refractivity contribution in [3.8, 4) is 0 Å². The smallest absolute Gasteiger partial charge is 0.317 e. The standard InChI is InChI=1S/C14H28N4O/c1-14(2,11-15)5-3-4-6-17-7-8-18-12(10-17)9-16-13(18)19/h12H,3-11,15H2,1-2H3,(H,16,19). The van der Waals surface area contributed by atoms with E-state index < -0.39 is 0 Å². The predicted octanol–water partition coefficient (Wildman–Crippen LogP) is 0.851. The summed E-state index contributed by atoms with van der Waals surface area (Å²) in [5, 5.41) is 2.92. The molecule has 2 rings (SSSR count). The number of amides is 2. The Morgan fingerprint density at radius 2 is 2.16 bits per heavy atom. The van der Waals surface area contributed by atoms with Crippen LogP contribution in [0.5, 0.6) is 0 Å². The van der Waals surface area contributed by atoms with E-state index in [2.05, 4.69) is 24.1 Å². The lowest BCUT2D eigenvalue weighted by Gasteiger charge is -2.36. The Bertz CT molecular complexity index is 319. The van der Waals surface area contributed by atoms with Crippen molar-refractivity contribution in [2.75, 3.05) is 39.3 Å². The van der Waals surface area contributed by atoms with Crippen molar-refractivity contribution in [1.82, 2.24) is 15.1 Å². The van der Waals surface area contributed by atoms with Crippen LogP contribution >= 0.6 is 0 Å². The van der Waals surface area contributed by atoms with Crippen LogP contribution in [0.2, 0.25) is 0 Å². The summed E-state index contributed by atoms with van der Waals surface area (Å²) in [5.41, 5.74) is 6.03. The van der Waals surface area contributed by atoms with Crippen LogP contribution in [0.15, 0.2) is 0 Å². The van der Waals surface area contributed by atoms with Crippen LogP contribution in [0.25, 0.3) is 0 Å². The van der Waals surface area contributed by atoms with Crippen LogP contribution in [0, 0.1) is 5.41 Å². The molecule has 0 aromatic rings. The number of rotatable bonds is 6. The van der Waals surface area contributed by atoms with Crippen LogP contribution in [0.3, 0.4) is 0 Å². The van der Waals surface area contributed by atoms with E-state index in [1.54, 1.807) is 0 Å². The van der Waals surface area contributed by atoms with Crippen molar-refractivity contribution in [2.45, 2.75) is 39.2 Å². The number of hydrogen-bond donors (Lipinski definition) is 2. The van der Waals surface area contributed by atoms with Crippen molar-refractivity contribution in [3.63, 3.8) is 0 Å². The molecule has 2 heterocycles. The molecule has 1 unspecified atom stereocenters. The summed E-state index contributed by atoms with van der Waals surface area (Å²) in [6.45, 7) is 10.1. The highest BCUT2D eigenvalue weighted by Crippen LogP contribution is 2.21. The molecule has 2 aliphatic rings. The highest BCUT2D eigenvalue weighted by molar-refractivity contribution is 5.77. The lowest BCUT2D eigenvalue weighted by molar-refractivity contribution is 0.119. The third-order valence-corrected chi connectivity index (χ3v) is 4.45. The van der Waals surface area contributed by atoms with Gasteiger partial charge in [0.1, 0.15) is 0 Å². The van der Waals surface area contributed by atoms with Crippen LogP contribution < -0.4 is 11.1 Å². The summed E-state index contributed by atoms with van der Waals surface area (Å²) in [6.07, 6.45) is 3.68. The molecule has 0 spiro atoms. The van der Waals surface area contributed by atoms with Gasteiger partial charge in [0, 0.05) is 26.2 Å². The predicted molar refractivity (Wildman–Crippen MR) is 77.0 cm³/mol. The first kappa shape index (κ1) is 14.6. The molecule has 2 aliphatic heterocycles. The maximum atomic E-state index is 11.5. The number of nitrogens with one attached hydrogen (secondary N) is 1. The van der Waals surface area contributed by atoms with Gasteiger partial charge in [-0.2, -0.15) is 0 Å². The average molecular weight is 268 g/mol. The molecule has 19 heavy (non-hydrogen) atoms. The first-order valence-corrected chi connectivity index (χ1v) is 7.49. The lowest BCUT2D eigenvalue weighted by Crippen LogP contribution is -2.52. The van der Waals surface area contributed by atoms with Gasteiger partial charge in [-0.05, 0) is 31.3 Å². The molecule has 2 fully saturated rings. The number of piperazine rings is 1. The monoisotopic (exact) mass is 268 g/mol. The Labute approximate surface area is 116 Å². The quantitative estimate of drug-likeness (QED) is 0.702. The minimum Gasteiger partial charge on any atom is -0.336 e. The largest absolute Gasteiger partial charge is 0.336 e. The molecule has 2 amide bonds. The van der Waals surface area contributed by atoms with Gasteiger partial charge in [0.2, 0.25) is 0 Å². The topological polar surface area (TPSA) is 61.6 Å². The molecule has 0 bridgehead atoms. The zero-order chi connectivity index (χ0) is 13.9. The molecule has 5 nitrogen and oxygen atoms in total. The molecule has 5 heteroatoms. The maximum Gasteiger partial charge on any atom is 0.317 e. The maximum absolute atomic E-state index is 11.5. The summed E-state index contributed by atoms with van der Waals surface area (Å²) >= 11 is 0. The number of urea groups is 1. The van der Waals surface area contributed by atoms with Crippen LogP contribution in [0.4, 0.5) is 4.79 Å². The van der Waals surface area contributed by atoms with E-state index in [4.69, 9.17) is 5.73 Å². The van der Waals surface area contributed by atoms with Gasteiger partial charge >= 0.3 is 6.03 Å². The molecule has 1 atom stereocenters. The fourth-order valence-electron chi connectivity index (χ4n) is 2.91. The molecule has 0 saturated carbocycles. The summed E-state index contributed by atoms with van der Waals surface area (Å²) in [7, 11) is 0. The average Bonchev–Trinajstić information content (AvgIpc) is 2.76. The van der Waals surface area contributed by atoms with Gasteiger partial charge < -0.3 is 16.0 Å². The van der Waals surface area contributed by atoms with Crippen molar-refractivity contribution in [3.05, 3.63) is 0 Å². The first-order valence-electron chi connectivity index (χ1n) is 7.49. The Hall–Kier alpha value is -0.810. The number of unbranched alkanes of at least 4 members (excludes halogenated alkanes) is 1. The third kappa shape index (κ3) is 3.83. The fraction of sp³-hybridized carbons (Fsp3) is 0.929. The number of fused-ring (bicyclic) bond motifs is 1. The Morgan fingerprint density at radius 1 is 1.37 bits per heavy atom. The van der Waals surface area contributed by atoms with Crippen LogP contribution in [-0.4, -0.2) is 61.1 Å². The second-order valence-corrected chi connectivity index (χ2v) is 6.66. The fourth-order valence-corrected chi connectivity index (χ4v) is 2.91. The minimum atomic E-state index is 0.120. The highest BCUT2D eigenvalue weighted by atomic mass is 16.2. The van der Waals surface area contributed by atoms with Crippen molar-refractivity contribution in [1.29, 1.82) is 0 Å². The van der Waals surface area contributed by atoms with E-state index in [9.17, 15) is 4.79 Å². The van der Waals surface area contributed by atoms with E-state index in [0.717, 1.165) is 39.3 Å². The number of carbonyl (C=O) groups excluding carboxylic acids is 1. The second kappa shape index (κ2) is 6.09. The van der Waals surface area contributed by atoms with Crippen molar-refractivity contribution < 1.29 is 4.79 Å². The summed E-state index contributed by atoms with van der Waals surface area (Å²) in [4.78, 5) is 16.0. The van der Waals surface area contributed by atoms with Gasteiger partial charge in [-0.1, -0.05) is 20.3 Å². The Balaban J connectivity index is 1.64. The molecule has 3 N–H and O–H groups in total. The van der Waals surface area contributed by atoms with Crippen LogP contribution in [0.1, 0.15) is 33.1 Å². The van der Waals surface area contributed by atoms with Gasteiger partial charge in [0.05, 0.1) is 6.04 Å². The molecule has 0 aliphatic carbocycles. The molecule has 0 aromatic heterocycles. The zero-order valence-corrected chi connectivity index (χ0v) is 12.3. The number of hydrogen-bond acceptors (Lipinski definition) is 3. The second-order valence-electron chi connectivity index (χ2n) is 6.66. The Morgan fingerprint density at radius 3 is 2.89 bits per heavy atom. The third-order valence-electron chi connectivity index (χ3n) is 4.45. The lowest BCUT2D eigenvalue weighted by atomic mass is 9.87. The highest BCUT2D eigenvalue weighted by Gasteiger charge is 2.34. The van der Waals surface area contributed by atoms with E-state index in [-0.39, 0.29) is 11.4 Å². The molecule has 0 aromatic carbocycles. The number of carbonyl (C=O) groups is 1. The number of nitrogens with two attached hydrogens (primary N) is 1. The van der Waals surface area contributed by atoms with Crippen molar-refractivity contribution >= 4 is 6.03 Å². The van der Waals surface area contributed by atoms with Gasteiger partial charge in [-0.15, -0.1) is 0 Å². The van der Waals surface area contributed by atoms with Gasteiger partial charge in [-0.3, -0.25) is 4.90 Å². The van der Waals surface area contributed by atoms with Crippen molar-refractivity contribution in [2.24, 2.45) is 11.1 Å². The Kier molecular flexibility index (Phi) is 4.68. The van der Waals surface area contributed by atoms with Gasteiger partial charge in [0.15, 0.2) is 0 Å². The first-order chi connectivity index (χ1) is 9.02. The molecule has 0 radical (unpaired) electrons. The van der Waals surface area contributed by atoms with E-state index in [0.29, 0.717) is 6.04 Å². The van der Waals surface area contributed by atoms with Gasteiger partial charge in [0.25, 0.3) is 0 Å². The molecule has 2 saturated heterocycles. The van der Waals surface area contributed by atoms with E-state index >= 15 is 0 Å². The summed E-state index contributed by atoms with van der Waals surface area (Å²) < 4.78 is 0. The van der Waals surface area contributed by atoms with Gasteiger partial charge in [-0.25, -0.2) is 4.79 Å². The zero-order valence-electron chi connectivity index (χ0n) is 12.3. The molecule has 110 valence electrons. The van der Waals surface area contributed by atoms with E-state index in [1.165, 1.54) is 19.3 Å².